The Kier molecular flexibility index (Phi) is 8.14. The van der Waals surface area contributed by atoms with Gasteiger partial charge in [0, 0.05) is 49.2 Å². The minimum Gasteiger partial charge on any atom is -0.364 e. The maximum atomic E-state index is 14.2. The molecule has 15 heteroatoms. The fourth-order valence-electron chi connectivity index (χ4n) is 5.64. The molecule has 5 heterocycles. The van der Waals surface area contributed by atoms with Gasteiger partial charge in [0.05, 0.1) is 28.1 Å². The van der Waals surface area contributed by atoms with Gasteiger partial charge in [0.25, 0.3) is 10.0 Å². The van der Waals surface area contributed by atoms with E-state index in [2.05, 4.69) is 30.6 Å². The normalized spacial score (nSPS) is 17.4. The number of anilines is 2. The first-order valence-corrected chi connectivity index (χ1v) is 15.9. The van der Waals surface area contributed by atoms with Gasteiger partial charge in [-0.05, 0) is 56.7 Å². The number of alkyl halides is 3. The van der Waals surface area contributed by atoms with E-state index >= 15 is 0 Å². The van der Waals surface area contributed by atoms with Gasteiger partial charge >= 0.3 is 6.18 Å². The Hall–Kier alpha value is -4.63. The second kappa shape index (κ2) is 11.9. The summed E-state index contributed by atoms with van der Waals surface area (Å²) in [7, 11) is -4.17. The van der Waals surface area contributed by atoms with Gasteiger partial charge in [0.1, 0.15) is 18.0 Å². The Bertz CT molecular complexity index is 2010. The third-order valence-corrected chi connectivity index (χ3v) is 9.34. The molecule has 1 aliphatic rings. The molecule has 2 N–H and O–H groups in total. The number of pyridine rings is 2. The Morgan fingerprint density at radius 1 is 1.00 bits per heavy atom. The summed E-state index contributed by atoms with van der Waals surface area (Å²) in [4.78, 5) is 18.5. The highest BCUT2D eigenvalue weighted by Crippen LogP contribution is 2.37. The molecule has 1 aromatic carbocycles. The van der Waals surface area contributed by atoms with Crippen LogP contribution in [-0.4, -0.2) is 57.5 Å². The standard InChI is InChI=1S/C31H30F4N8O2S/c1-18-4-6-24(7-5-18)46(44,45)43-16-25(21-8-9-36-26(32)10-21)28-29(38-17-39-30(28)43)37-13-23-11-22(31(33,34)35)12-27(41-23)42-14-19(2)40-20(3)15-42/h4-12,16-17,19-20,40H,13-15H2,1-3H3,(H,37,38,39)/t19-,20+. The Morgan fingerprint density at radius 3 is 2.39 bits per heavy atom. The average Bonchev–Trinajstić information content (AvgIpc) is 3.41. The van der Waals surface area contributed by atoms with E-state index in [1.165, 1.54) is 30.6 Å². The van der Waals surface area contributed by atoms with Gasteiger partial charge in [-0.3, -0.25) is 0 Å². The zero-order valence-electron chi connectivity index (χ0n) is 25.0. The molecule has 0 radical (unpaired) electrons. The molecule has 10 nitrogen and oxygen atoms in total. The molecule has 5 aromatic rings. The van der Waals surface area contributed by atoms with Gasteiger partial charge in [-0.25, -0.2) is 32.3 Å². The first kappa shape index (κ1) is 31.4. The zero-order chi connectivity index (χ0) is 32.8. The number of aromatic nitrogens is 5. The van der Waals surface area contributed by atoms with E-state index in [1.807, 2.05) is 25.7 Å². The van der Waals surface area contributed by atoms with Gasteiger partial charge in [0.2, 0.25) is 5.95 Å². The summed E-state index contributed by atoms with van der Waals surface area (Å²) in [5, 5.41) is 6.62. The van der Waals surface area contributed by atoms with Crippen LogP contribution in [0.5, 0.6) is 0 Å². The van der Waals surface area contributed by atoms with E-state index in [1.54, 1.807) is 12.1 Å². The van der Waals surface area contributed by atoms with Crippen molar-refractivity contribution >= 4 is 32.7 Å². The highest BCUT2D eigenvalue weighted by atomic mass is 32.2. The van der Waals surface area contributed by atoms with Gasteiger partial charge in [-0.2, -0.15) is 17.6 Å². The number of nitrogens with zero attached hydrogens (tertiary/aromatic N) is 6. The third kappa shape index (κ3) is 6.24. The smallest absolute Gasteiger partial charge is 0.364 e. The van der Waals surface area contributed by atoms with Crippen LogP contribution in [0.1, 0.15) is 30.7 Å². The monoisotopic (exact) mass is 654 g/mol. The summed E-state index contributed by atoms with van der Waals surface area (Å²) in [6.45, 7) is 6.52. The molecule has 1 fully saturated rings. The molecule has 240 valence electrons. The molecule has 6 rings (SSSR count). The summed E-state index contributed by atoms with van der Waals surface area (Å²) >= 11 is 0. The zero-order valence-corrected chi connectivity index (χ0v) is 25.9. The number of rotatable bonds is 7. The number of hydrogen-bond donors (Lipinski definition) is 2. The van der Waals surface area contributed by atoms with Crippen molar-refractivity contribution in [2.45, 2.75) is 50.5 Å². The van der Waals surface area contributed by atoms with E-state index in [0.29, 0.717) is 18.7 Å². The van der Waals surface area contributed by atoms with Crippen LogP contribution in [0.15, 0.2) is 72.1 Å². The first-order chi connectivity index (χ1) is 21.8. The minimum atomic E-state index is -4.61. The van der Waals surface area contributed by atoms with Gasteiger partial charge < -0.3 is 15.5 Å². The van der Waals surface area contributed by atoms with E-state index in [-0.39, 0.29) is 57.5 Å². The molecule has 2 atom stereocenters. The van der Waals surface area contributed by atoms with Crippen LogP contribution in [-0.2, 0) is 22.7 Å². The fraction of sp³-hybridized carbons (Fsp3) is 0.290. The molecule has 46 heavy (non-hydrogen) atoms. The van der Waals surface area contributed by atoms with Crippen molar-refractivity contribution in [3.05, 3.63) is 90.0 Å². The van der Waals surface area contributed by atoms with E-state index in [9.17, 15) is 26.0 Å². The van der Waals surface area contributed by atoms with Crippen LogP contribution in [0.3, 0.4) is 0 Å². The predicted molar refractivity (Wildman–Crippen MR) is 165 cm³/mol. The second-order valence-corrected chi connectivity index (χ2v) is 13.2. The van der Waals surface area contributed by atoms with Crippen molar-refractivity contribution < 1.29 is 26.0 Å². The molecule has 0 spiro atoms. The molecule has 0 unspecified atom stereocenters. The number of fused-ring (bicyclic) bond motifs is 1. The number of nitrogens with one attached hydrogen (secondary N) is 2. The van der Waals surface area contributed by atoms with Crippen molar-refractivity contribution in [2.75, 3.05) is 23.3 Å². The lowest BCUT2D eigenvalue weighted by Gasteiger charge is -2.37. The molecule has 1 saturated heterocycles. The van der Waals surface area contributed by atoms with E-state index in [4.69, 9.17) is 0 Å². The van der Waals surface area contributed by atoms with Crippen LogP contribution < -0.4 is 15.5 Å². The van der Waals surface area contributed by atoms with Crippen LogP contribution in [0, 0.1) is 12.9 Å². The largest absolute Gasteiger partial charge is 0.416 e. The summed E-state index contributed by atoms with van der Waals surface area (Å²) in [5.74, 6) is -0.466. The van der Waals surface area contributed by atoms with Crippen LogP contribution in [0.4, 0.5) is 29.2 Å². The first-order valence-electron chi connectivity index (χ1n) is 14.4. The molecule has 1 aliphatic heterocycles. The Balaban J connectivity index is 1.44. The predicted octanol–water partition coefficient (Wildman–Crippen LogP) is 5.39. The number of halogens is 4. The molecule has 0 bridgehead atoms. The summed E-state index contributed by atoms with van der Waals surface area (Å²) in [6.07, 6.45) is -0.899. The number of hydrogen-bond acceptors (Lipinski definition) is 9. The van der Waals surface area contributed by atoms with Gasteiger partial charge in [-0.15, -0.1) is 0 Å². The number of benzene rings is 1. The molecule has 0 amide bonds. The molecular weight excluding hydrogens is 624 g/mol. The maximum Gasteiger partial charge on any atom is 0.416 e. The SMILES string of the molecule is Cc1ccc(S(=O)(=O)n2cc(-c3ccnc(F)c3)c3c(NCc4cc(C(F)(F)F)cc(N5C[C@@H](C)N[C@@H](C)C5)n4)ncnc32)cc1. The quantitative estimate of drug-likeness (QED) is 0.176. The topological polar surface area (TPSA) is 118 Å². The average molecular weight is 655 g/mol. The van der Waals surface area contributed by atoms with Gasteiger partial charge in [-0.1, -0.05) is 17.7 Å². The number of aryl methyl sites for hydroxylation is 1. The summed E-state index contributed by atoms with van der Waals surface area (Å²) in [5.41, 5.74) is 0.686. The van der Waals surface area contributed by atoms with Crippen LogP contribution >= 0.6 is 0 Å². The van der Waals surface area contributed by atoms with E-state index < -0.39 is 27.7 Å². The maximum absolute atomic E-state index is 14.2. The van der Waals surface area contributed by atoms with Crippen molar-refractivity contribution in [3.8, 4) is 11.1 Å². The fourth-order valence-corrected chi connectivity index (χ4v) is 6.96. The Labute approximate surface area is 262 Å². The third-order valence-electron chi connectivity index (χ3n) is 7.68. The highest BCUT2D eigenvalue weighted by Gasteiger charge is 2.33. The van der Waals surface area contributed by atoms with Crippen molar-refractivity contribution in [2.24, 2.45) is 0 Å². The van der Waals surface area contributed by atoms with Gasteiger partial charge in [0.15, 0.2) is 5.65 Å². The molecule has 4 aromatic heterocycles. The Morgan fingerprint density at radius 2 is 1.72 bits per heavy atom. The number of piperazine rings is 1. The lowest BCUT2D eigenvalue weighted by atomic mass is 10.1. The van der Waals surface area contributed by atoms with E-state index in [0.717, 1.165) is 34.1 Å². The molecule has 0 aliphatic carbocycles. The lowest BCUT2D eigenvalue weighted by molar-refractivity contribution is -0.137. The van der Waals surface area contributed by atoms with Crippen LogP contribution in [0.25, 0.3) is 22.2 Å². The highest BCUT2D eigenvalue weighted by molar-refractivity contribution is 7.90. The summed E-state index contributed by atoms with van der Waals surface area (Å²) < 4.78 is 84.8. The van der Waals surface area contributed by atoms with Crippen molar-refractivity contribution in [1.82, 2.24) is 29.2 Å². The van der Waals surface area contributed by atoms with Crippen molar-refractivity contribution in [3.63, 3.8) is 0 Å². The summed E-state index contributed by atoms with van der Waals surface area (Å²) in [6, 6.07) is 11.0. The lowest BCUT2D eigenvalue weighted by Crippen LogP contribution is -2.54. The minimum absolute atomic E-state index is 0.00725. The van der Waals surface area contributed by atoms with Crippen molar-refractivity contribution in [1.29, 1.82) is 0 Å². The molecular formula is C31H30F4N8O2S. The second-order valence-electron chi connectivity index (χ2n) is 11.4. The van der Waals surface area contributed by atoms with Crippen LogP contribution in [0.2, 0.25) is 0 Å². The molecule has 0 saturated carbocycles.